The van der Waals surface area contributed by atoms with Gasteiger partial charge in [-0.05, 0) is 55.7 Å². The Bertz CT molecular complexity index is 1700. The lowest BCUT2D eigenvalue weighted by Crippen LogP contribution is -2.30. The summed E-state index contributed by atoms with van der Waals surface area (Å²) in [6.07, 6.45) is 2.34. The third-order valence-corrected chi connectivity index (χ3v) is 7.87. The molecule has 0 saturated carbocycles. The Labute approximate surface area is 269 Å². The minimum Gasteiger partial charge on any atom is -0.453 e. The average Bonchev–Trinajstić information content (AvgIpc) is 3.42. The molecule has 3 N–H and O–H groups in total. The molecular weight excluding hydrogens is 624 g/mol. The van der Waals surface area contributed by atoms with E-state index >= 15 is 0 Å². The van der Waals surface area contributed by atoms with Gasteiger partial charge in [0.15, 0.2) is 11.0 Å². The molecule has 4 aromatic rings. The van der Waals surface area contributed by atoms with E-state index in [4.69, 9.17) is 23.2 Å². The number of nitrogens with one attached hydrogen (secondary N) is 3. The molecule has 0 bridgehead atoms. The van der Waals surface area contributed by atoms with Gasteiger partial charge in [-0.1, -0.05) is 54.7 Å². The molecule has 2 heterocycles. The first-order chi connectivity index (χ1) is 21.5. The van der Waals surface area contributed by atoms with E-state index in [0.717, 1.165) is 0 Å². The highest BCUT2D eigenvalue weighted by atomic mass is 35.5. The molecule has 2 aromatic heterocycles. The minimum atomic E-state index is -0.654. The van der Waals surface area contributed by atoms with Gasteiger partial charge in [-0.15, -0.1) is 5.10 Å². The number of carbonyl (C=O) groups is 3. The molecule has 0 unspecified atom stereocenters. The van der Waals surface area contributed by atoms with Gasteiger partial charge >= 0.3 is 6.09 Å². The van der Waals surface area contributed by atoms with Crippen LogP contribution in [0.1, 0.15) is 54.0 Å². The predicted molar refractivity (Wildman–Crippen MR) is 169 cm³/mol. The first kappa shape index (κ1) is 33.3. The molecule has 3 amide bonds. The molecule has 0 aliphatic rings. The number of amides is 3. The number of methoxy groups -OCH3 is 1. The molecule has 0 aliphatic heterocycles. The van der Waals surface area contributed by atoms with Crippen molar-refractivity contribution in [2.75, 3.05) is 19.5 Å². The van der Waals surface area contributed by atoms with Crippen LogP contribution in [0.3, 0.4) is 0 Å². The van der Waals surface area contributed by atoms with Crippen LogP contribution >= 0.6 is 23.2 Å². The first-order valence-corrected chi connectivity index (χ1v) is 14.8. The lowest BCUT2D eigenvalue weighted by molar-refractivity contribution is -0.124. The number of carbonyl (C=O) groups excluding carboxylic acids is 3. The Hall–Kier alpha value is -4.55. The van der Waals surface area contributed by atoms with E-state index in [1.54, 1.807) is 50.4 Å². The van der Waals surface area contributed by atoms with Gasteiger partial charge in [0.1, 0.15) is 5.69 Å². The minimum absolute atomic E-state index is 0.0640. The lowest BCUT2D eigenvalue weighted by Gasteiger charge is -2.20. The highest BCUT2D eigenvalue weighted by Crippen LogP contribution is 2.31. The van der Waals surface area contributed by atoms with Crippen LogP contribution in [0.2, 0.25) is 10.2 Å². The van der Waals surface area contributed by atoms with Crippen molar-refractivity contribution in [1.29, 1.82) is 0 Å². The summed E-state index contributed by atoms with van der Waals surface area (Å²) >= 11 is 12.4. The van der Waals surface area contributed by atoms with Gasteiger partial charge in [-0.2, -0.15) is 10.2 Å². The lowest BCUT2D eigenvalue weighted by atomic mass is 9.97. The molecule has 0 saturated heterocycles. The number of ether oxygens (including phenoxy) is 1. The Morgan fingerprint density at radius 1 is 1.07 bits per heavy atom. The summed E-state index contributed by atoms with van der Waals surface area (Å²) in [5, 5.41) is 21.0. The highest BCUT2D eigenvalue weighted by molar-refractivity contribution is 6.32. The van der Waals surface area contributed by atoms with Crippen LogP contribution in [-0.2, 0) is 9.53 Å². The smallest absolute Gasteiger partial charge is 0.411 e. The van der Waals surface area contributed by atoms with Crippen LogP contribution < -0.4 is 16.0 Å². The van der Waals surface area contributed by atoms with Crippen molar-refractivity contribution in [2.24, 2.45) is 5.92 Å². The van der Waals surface area contributed by atoms with Crippen molar-refractivity contribution in [3.05, 3.63) is 87.7 Å². The molecule has 2 aromatic carbocycles. The second-order valence-electron chi connectivity index (χ2n) is 10.3. The molecule has 0 fully saturated rings. The monoisotopic (exact) mass is 655 g/mol. The number of anilines is 1. The maximum Gasteiger partial charge on any atom is 0.411 e. The molecule has 0 aliphatic carbocycles. The van der Waals surface area contributed by atoms with Crippen molar-refractivity contribution in [1.82, 2.24) is 30.6 Å². The Morgan fingerprint density at radius 2 is 1.80 bits per heavy atom. The largest absolute Gasteiger partial charge is 0.453 e. The fourth-order valence-electron chi connectivity index (χ4n) is 4.73. The SMILES string of the molecule is CNC(=O)[C@@H](C)CCC[C@H](NC(=O)c1cnn(-c2cccc(Cl)c2F)c1C)c1cc(-c2ccc(NC(=O)OC)cc2)c(Cl)nn1. The van der Waals surface area contributed by atoms with Gasteiger partial charge in [0, 0.05) is 24.2 Å². The van der Waals surface area contributed by atoms with Crippen LogP contribution in [0.4, 0.5) is 14.9 Å². The molecule has 0 radical (unpaired) electrons. The summed E-state index contributed by atoms with van der Waals surface area (Å²) in [5.41, 5.74) is 2.97. The molecule has 14 heteroatoms. The van der Waals surface area contributed by atoms with Gasteiger partial charge < -0.3 is 15.4 Å². The number of hydrogen-bond donors (Lipinski definition) is 3. The standard InChI is InChI=1S/C31H32Cl2FN7O4/c1-17(29(42)35-3)7-5-9-24(38-30(43)22-16-36-41(18(22)2)26-10-6-8-23(32)27(26)34)25-15-21(28(33)40-39-25)19-11-13-20(14-12-19)37-31(44)45-4/h6,8,10-17,24H,5,7,9H2,1-4H3,(H,35,42)(H,37,44)(H,38,43)/t17-,24-/m0/s1. The quantitative estimate of drug-likeness (QED) is 0.173. The summed E-state index contributed by atoms with van der Waals surface area (Å²) in [6.45, 7) is 3.49. The van der Waals surface area contributed by atoms with Crippen LogP contribution in [0.25, 0.3) is 16.8 Å². The van der Waals surface area contributed by atoms with Crippen molar-refractivity contribution in [3.63, 3.8) is 0 Å². The number of hydrogen-bond acceptors (Lipinski definition) is 7. The number of nitrogens with zero attached hydrogens (tertiary/aromatic N) is 4. The molecule has 236 valence electrons. The summed E-state index contributed by atoms with van der Waals surface area (Å²) < 4.78 is 20.7. The Kier molecular flexibility index (Phi) is 11.1. The van der Waals surface area contributed by atoms with Crippen molar-refractivity contribution in [3.8, 4) is 16.8 Å². The van der Waals surface area contributed by atoms with E-state index in [9.17, 15) is 18.8 Å². The topological polar surface area (TPSA) is 140 Å². The third-order valence-electron chi connectivity index (χ3n) is 7.30. The van der Waals surface area contributed by atoms with Crippen LogP contribution in [0, 0.1) is 18.7 Å². The van der Waals surface area contributed by atoms with Crippen LogP contribution in [0.5, 0.6) is 0 Å². The normalized spacial score (nSPS) is 12.2. The zero-order chi connectivity index (χ0) is 32.7. The van der Waals surface area contributed by atoms with Gasteiger partial charge in [0.05, 0.1) is 41.3 Å². The summed E-state index contributed by atoms with van der Waals surface area (Å²) in [6, 6.07) is 12.5. The molecule has 45 heavy (non-hydrogen) atoms. The fraction of sp³-hybridized carbons (Fsp3) is 0.290. The Morgan fingerprint density at radius 3 is 2.49 bits per heavy atom. The summed E-state index contributed by atoms with van der Waals surface area (Å²) in [5.74, 6) is -1.42. The Balaban J connectivity index is 1.63. The number of aromatic nitrogens is 4. The van der Waals surface area contributed by atoms with Crippen molar-refractivity contribution in [2.45, 2.75) is 39.2 Å². The summed E-state index contributed by atoms with van der Waals surface area (Å²) in [7, 11) is 2.86. The maximum atomic E-state index is 14.7. The van der Waals surface area contributed by atoms with Crippen LogP contribution in [-0.4, -0.2) is 52.0 Å². The average molecular weight is 657 g/mol. The number of benzene rings is 2. The van der Waals surface area contributed by atoms with Gasteiger partial charge in [-0.25, -0.2) is 13.9 Å². The number of halogens is 3. The van der Waals surface area contributed by atoms with Gasteiger partial charge in [0.2, 0.25) is 5.91 Å². The van der Waals surface area contributed by atoms with E-state index in [1.807, 2.05) is 6.92 Å². The highest BCUT2D eigenvalue weighted by Gasteiger charge is 2.24. The van der Waals surface area contributed by atoms with E-state index in [0.29, 0.717) is 47.5 Å². The third kappa shape index (κ3) is 7.95. The molecule has 2 atom stereocenters. The zero-order valence-electron chi connectivity index (χ0n) is 25.0. The van der Waals surface area contributed by atoms with Crippen molar-refractivity contribution < 1.29 is 23.5 Å². The molecule has 4 rings (SSSR count). The number of rotatable bonds is 11. The van der Waals surface area contributed by atoms with Gasteiger partial charge in [0.25, 0.3) is 5.91 Å². The zero-order valence-corrected chi connectivity index (χ0v) is 26.5. The summed E-state index contributed by atoms with van der Waals surface area (Å²) in [4.78, 5) is 37.2. The van der Waals surface area contributed by atoms with E-state index < -0.39 is 23.9 Å². The molecular formula is C31H32Cl2FN7O4. The van der Waals surface area contributed by atoms with Gasteiger partial charge in [-0.3, -0.25) is 14.9 Å². The fourth-order valence-corrected chi connectivity index (χ4v) is 5.10. The van der Waals surface area contributed by atoms with Crippen LogP contribution in [0.15, 0.2) is 54.7 Å². The second-order valence-corrected chi connectivity index (χ2v) is 11.0. The van der Waals surface area contributed by atoms with E-state index in [-0.39, 0.29) is 33.3 Å². The van der Waals surface area contributed by atoms with E-state index in [1.165, 1.54) is 30.1 Å². The predicted octanol–water partition coefficient (Wildman–Crippen LogP) is 6.29. The molecule has 0 spiro atoms. The second kappa shape index (κ2) is 15.0. The first-order valence-electron chi connectivity index (χ1n) is 14.0. The van der Waals surface area contributed by atoms with E-state index in [2.05, 4.69) is 36.0 Å². The van der Waals surface area contributed by atoms with Crippen molar-refractivity contribution >= 4 is 46.8 Å². The maximum absolute atomic E-state index is 14.7. The molecule has 11 nitrogen and oxygen atoms in total.